The fraction of sp³-hybridized carbons (Fsp3) is 1.00. The van der Waals surface area contributed by atoms with Crippen molar-refractivity contribution >= 4 is 113 Å². The van der Waals surface area contributed by atoms with Gasteiger partial charge in [-0.1, -0.05) is 60.6 Å². The lowest BCUT2D eigenvalue weighted by atomic mass is 9.88. The maximum Gasteiger partial charge on any atom is 0.475 e. The molecule has 3 aliphatic heterocycles. The second-order valence-corrected chi connectivity index (χ2v) is 34.6. The normalized spacial score (nSPS) is 43.5. The number of hydrogen-bond donors (Lipinski definition) is 0. The summed E-state index contributed by atoms with van der Waals surface area (Å²) in [6, 6.07) is 0. The Morgan fingerprint density at radius 3 is 0.707 bits per heavy atom. The summed E-state index contributed by atoms with van der Waals surface area (Å²) in [6.07, 6.45) is 0. The molecule has 3 fully saturated rings. The van der Waals surface area contributed by atoms with E-state index in [1.54, 1.807) is 26.2 Å². The Bertz CT molecular complexity index is 739. The van der Waals surface area contributed by atoms with E-state index in [-0.39, 0.29) is 21.7 Å². The first kappa shape index (κ1) is 37.3. The quantitative estimate of drug-likeness (QED) is 0.363. The first-order valence-corrected chi connectivity index (χ1v) is 35.8. The van der Waals surface area contributed by atoms with Gasteiger partial charge in [0.1, 0.15) is 51.0 Å². The average molecular weight is 758 g/mol. The van der Waals surface area contributed by atoms with Crippen molar-refractivity contribution in [3.63, 3.8) is 0 Å². The lowest BCUT2D eigenvalue weighted by Gasteiger charge is -2.55. The van der Waals surface area contributed by atoms with Crippen molar-refractivity contribution in [3.8, 4) is 0 Å². The van der Waals surface area contributed by atoms with Crippen LogP contribution < -0.4 is 0 Å². The van der Waals surface area contributed by atoms with Crippen LogP contribution in [0.3, 0.4) is 0 Å². The van der Waals surface area contributed by atoms with E-state index in [9.17, 15) is 0 Å². The third-order valence-corrected chi connectivity index (χ3v) is 41.0. The van der Waals surface area contributed by atoms with Gasteiger partial charge in [-0.05, 0) is 4.01 Å². The molecule has 41 heavy (non-hydrogen) atoms. The van der Waals surface area contributed by atoms with Gasteiger partial charge in [0, 0.05) is 45.8 Å². The third-order valence-electron chi connectivity index (χ3n) is 4.56. The van der Waals surface area contributed by atoms with Gasteiger partial charge in [0.2, 0.25) is 0 Å². The maximum absolute atomic E-state index is 6.58. The minimum atomic E-state index is -3.45. The monoisotopic (exact) mass is 757 g/mol. The van der Waals surface area contributed by atoms with Gasteiger partial charge in [-0.2, -0.15) is 0 Å². The molecule has 0 amide bonds. The van der Waals surface area contributed by atoms with Gasteiger partial charge in [0.05, 0.1) is 0 Å². The molecular weight excluding hydrogens is 697 g/mol. The molecule has 0 aromatic rings. The average Bonchev–Trinajstić information content (AvgIpc) is 2.67. The van der Waals surface area contributed by atoms with Crippen LogP contribution in [0.5, 0.6) is 0 Å². The first-order valence-electron chi connectivity index (χ1n) is 16.0. The molecule has 3 aliphatic rings. The van der Waals surface area contributed by atoms with Crippen molar-refractivity contribution in [2.75, 3.05) is 0 Å². The zero-order valence-corrected chi connectivity index (χ0v) is 39.5. The van der Waals surface area contributed by atoms with Crippen LogP contribution >= 0.6 is 0 Å². The van der Waals surface area contributed by atoms with E-state index in [0.717, 1.165) is 0 Å². The van der Waals surface area contributed by atoms with Crippen molar-refractivity contribution < 1.29 is 49.4 Å². The molecule has 0 aliphatic carbocycles. The molecule has 0 aromatic carbocycles. The van der Waals surface area contributed by atoms with Crippen molar-refractivity contribution in [3.05, 3.63) is 0 Å². The Hall–Kier alpha value is 1.88. The summed E-state index contributed by atoms with van der Waals surface area (Å²) in [5.74, 6) is 0. The minimum absolute atomic E-state index is 0.0833. The van der Waals surface area contributed by atoms with E-state index < -0.39 is 90.9 Å². The van der Waals surface area contributed by atoms with E-state index in [1.807, 2.05) is 80.2 Å². The summed E-state index contributed by atoms with van der Waals surface area (Å²) in [4.78, 5) is 0. The molecule has 242 valence electrons. The molecule has 3 rings (SSSR count). The van der Waals surface area contributed by atoms with E-state index >= 15 is 0 Å². The largest absolute Gasteiger partial charge is 0.475 e. The maximum atomic E-state index is 6.58. The molecule has 0 atom stereocenters. The predicted molar refractivity (Wildman–Crippen MR) is 194 cm³/mol. The standard InChI is InChI=1S/C10H36O12Si10.3C2H7B/c1-23-11-26(4)14-29(7)16-27(5,12-24-2)18-31(9)19-28(6,13-25-3)17-30(8,15-26)21-32(10,20-29)22-31;3*1-3-2/h23-25H2,1-10H3;3*3H,1-2H3/i;3*3D. The Kier molecular flexibility index (Phi) is 16.6. The van der Waals surface area contributed by atoms with Crippen molar-refractivity contribution in [2.45, 2.75) is 106 Å². The third kappa shape index (κ3) is 14.5. The summed E-state index contributed by atoms with van der Waals surface area (Å²) in [6.45, 7) is 29.7. The Morgan fingerprint density at radius 1 is 0.415 bits per heavy atom. The molecule has 0 saturated carbocycles. The molecule has 3 heterocycles. The molecule has 0 unspecified atom stereocenters. The SMILES string of the molecule is C[SiH2]O[Si]1(C)O[Si]2(C)O[Si](C)(O[SiH2]C)O[Si]3(C)O[Si](C)(O[SiH2]C)O[Si](C)(O1)O[Si](C)(O2)O3.[2H]B(C)C.[2H]B(C)C.[2H]B(C)C. The number of rotatable bonds is 6. The topological polar surface area (TPSA) is 111 Å². The highest BCUT2D eigenvalue weighted by Crippen LogP contribution is 2.42. The molecule has 0 spiro atoms. The second kappa shape index (κ2) is 18.3. The fourth-order valence-corrected chi connectivity index (χ4v) is 47.6. The molecule has 0 N–H and O–H groups in total. The summed E-state index contributed by atoms with van der Waals surface area (Å²) >= 11 is 0. The molecule has 3 saturated heterocycles. The number of fused-ring (bicyclic) bond motifs is 3. The highest BCUT2D eigenvalue weighted by Gasteiger charge is 2.72. The summed E-state index contributed by atoms with van der Waals surface area (Å²) in [5.41, 5.74) is 0. The van der Waals surface area contributed by atoms with Crippen molar-refractivity contribution in [2.24, 2.45) is 0 Å². The van der Waals surface area contributed by atoms with Crippen LogP contribution in [0, 0.1) is 0 Å². The highest BCUT2D eigenvalue weighted by atomic mass is 28.6. The Morgan fingerprint density at radius 2 is 0.561 bits per heavy atom. The Labute approximate surface area is 271 Å². The van der Waals surface area contributed by atoms with Crippen LogP contribution in [-0.2, 0) is 49.4 Å². The molecule has 4 bridgehead atoms. The second-order valence-electron chi connectivity index (χ2n) is 9.99. The van der Waals surface area contributed by atoms with Crippen molar-refractivity contribution in [1.82, 2.24) is 0 Å². The molecular formula is C16H57B3O12Si10. The van der Waals surface area contributed by atoms with E-state index in [2.05, 4.69) is 0 Å². The van der Waals surface area contributed by atoms with Crippen LogP contribution in [0.2, 0.25) is 106 Å². The molecule has 25 heteroatoms. The van der Waals surface area contributed by atoms with Crippen LogP contribution in [0.25, 0.3) is 0 Å². The van der Waals surface area contributed by atoms with E-state index in [1.165, 1.54) is 0 Å². The van der Waals surface area contributed by atoms with Gasteiger partial charge >= 0.3 is 61.6 Å². The highest BCUT2D eigenvalue weighted by molar-refractivity contribution is 6.98. The van der Waals surface area contributed by atoms with Gasteiger partial charge in [-0.3, -0.25) is 0 Å². The molecule has 0 radical (unpaired) electrons. The van der Waals surface area contributed by atoms with Gasteiger partial charge in [0.25, 0.3) is 0 Å². The molecule has 0 aromatic heterocycles. The number of hydrogen-bond acceptors (Lipinski definition) is 12. The molecule has 12 nitrogen and oxygen atoms in total. The Balaban J connectivity index is 0.00000132. The lowest BCUT2D eigenvalue weighted by Crippen LogP contribution is -2.80. The summed E-state index contributed by atoms with van der Waals surface area (Å²) in [7, 11) is -26.0. The minimum Gasteiger partial charge on any atom is -0.423 e. The summed E-state index contributed by atoms with van der Waals surface area (Å²) in [5, 5.41) is 0. The van der Waals surface area contributed by atoms with Gasteiger partial charge in [-0.15, -0.1) is 0 Å². The fourth-order valence-electron chi connectivity index (χ4n) is 4.31. The first-order chi connectivity index (χ1) is 19.7. The lowest BCUT2D eigenvalue weighted by molar-refractivity contribution is 0.0261. The van der Waals surface area contributed by atoms with Crippen LogP contribution in [0.1, 0.15) is 0 Å². The van der Waals surface area contributed by atoms with Gasteiger partial charge in [0.15, 0.2) is 0 Å². The van der Waals surface area contributed by atoms with E-state index in [4.69, 9.17) is 53.4 Å². The zero-order valence-electron chi connectivity index (χ0n) is 31.3. The van der Waals surface area contributed by atoms with Gasteiger partial charge < -0.3 is 49.4 Å². The van der Waals surface area contributed by atoms with Crippen LogP contribution in [0.4, 0.5) is 0 Å². The zero-order chi connectivity index (χ0) is 34.8. The predicted octanol–water partition coefficient (Wildman–Crippen LogP) is 1.16. The van der Waals surface area contributed by atoms with Crippen LogP contribution in [0.15, 0.2) is 0 Å². The summed E-state index contributed by atoms with van der Waals surface area (Å²) < 4.78 is 97.1. The van der Waals surface area contributed by atoms with E-state index in [0.29, 0.717) is 0 Å². The van der Waals surface area contributed by atoms with Crippen LogP contribution in [-0.4, -0.2) is 117 Å². The smallest absolute Gasteiger partial charge is 0.423 e. The van der Waals surface area contributed by atoms with Gasteiger partial charge in [-0.25, -0.2) is 0 Å². The van der Waals surface area contributed by atoms with Crippen molar-refractivity contribution in [1.29, 1.82) is 4.01 Å².